The van der Waals surface area contributed by atoms with Crippen LogP contribution in [0.15, 0.2) is 18.2 Å². The predicted octanol–water partition coefficient (Wildman–Crippen LogP) is 1.31. The zero-order chi connectivity index (χ0) is 12.3. The third-order valence-corrected chi connectivity index (χ3v) is 2.10. The summed E-state index contributed by atoms with van der Waals surface area (Å²) in [7, 11) is 0. The van der Waals surface area contributed by atoms with E-state index in [0.29, 0.717) is 5.56 Å². The lowest BCUT2D eigenvalue weighted by Crippen LogP contribution is -2.23. The standard InChI is InChI=1S/C10H10FNO3S/c1-5(10(13)14)15-8-3-2-6(9(12)16)4-7(8)11/h2-5H,1H3,(H2,12,16)(H,13,14). The number of rotatable bonds is 4. The van der Waals surface area contributed by atoms with Crippen molar-refractivity contribution in [3.63, 3.8) is 0 Å². The number of carbonyl (C=O) groups is 1. The summed E-state index contributed by atoms with van der Waals surface area (Å²) in [6.07, 6.45) is -1.12. The quantitative estimate of drug-likeness (QED) is 0.780. The Morgan fingerprint density at radius 1 is 1.62 bits per heavy atom. The normalized spacial score (nSPS) is 11.9. The smallest absolute Gasteiger partial charge is 0.344 e. The molecule has 1 atom stereocenters. The summed E-state index contributed by atoms with van der Waals surface area (Å²) in [6, 6.07) is 3.87. The monoisotopic (exact) mass is 243 g/mol. The highest BCUT2D eigenvalue weighted by atomic mass is 32.1. The van der Waals surface area contributed by atoms with Gasteiger partial charge < -0.3 is 15.6 Å². The molecule has 0 aromatic heterocycles. The second kappa shape index (κ2) is 4.89. The second-order valence-electron chi connectivity index (χ2n) is 3.11. The number of hydrogen-bond donors (Lipinski definition) is 2. The van der Waals surface area contributed by atoms with E-state index in [1.165, 1.54) is 19.1 Å². The van der Waals surface area contributed by atoms with Gasteiger partial charge in [0.1, 0.15) is 4.99 Å². The second-order valence-corrected chi connectivity index (χ2v) is 3.55. The van der Waals surface area contributed by atoms with E-state index in [-0.39, 0.29) is 10.7 Å². The summed E-state index contributed by atoms with van der Waals surface area (Å²) in [6.45, 7) is 1.31. The van der Waals surface area contributed by atoms with Crippen LogP contribution in [-0.4, -0.2) is 22.2 Å². The number of benzene rings is 1. The fraction of sp³-hybridized carbons (Fsp3) is 0.200. The minimum atomic E-state index is -1.17. The first kappa shape index (κ1) is 12.4. The van der Waals surface area contributed by atoms with Crippen LogP contribution in [0.4, 0.5) is 4.39 Å². The molecule has 0 radical (unpaired) electrons. The Balaban J connectivity index is 2.91. The molecule has 1 rings (SSSR count). The van der Waals surface area contributed by atoms with Gasteiger partial charge in [0.05, 0.1) is 0 Å². The Morgan fingerprint density at radius 3 is 2.69 bits per heavy atom. The van der Waals surface area contributed by atoms with E-state index in [2.05, 4.69) is 12.2 Å². The molecule has 0 fully saturated rings. The van der Waals surface area contributed by atoms with Crippen molar-refractivity contribution < 1.29 is 19.0 Å². The Hall–Kier alpha value is -1.69. The minimum Gasteiger partial charge on any atom is -0.479 e. The van der Waals surface area contributed by atoms with Gasteiger partial charge >= 0.3 is 5.97 Å². The van der Waals surface area contributed by atoms with Crippen LogP contribution in [0.3, 0.4) is 0 Å². The van der Waals surface area contributed by atoms with Gasteiger partial charge in [-0.1, -0.05) is 12.2 Å². The molecule has 1 aromatic carbocycles. The van der Waals surface area contributed by atoms with Gasteiger partial charge in [-0.2, -0.15) is 0 Å². The maximum atomic E-state index is 13.4. The van der Waals surface area contributed by atoms with Gasteiger partial charge in [-0.3, -0.25) is 0 Å². The van der Waals surface area contributed by atoms with Crippen LogP contribution in [0.25, 0.3) is 0 Å². The molecule has 0 saturated carbocycles. The highest BCUT2D eigenvalue weighted by Crippen LogP contribution is 2.19. The molecule has 0 aliphatic carbocycles. The fourth-order valence-corrected chi connectivity index (χ4v) is 1.12. The van der Waals surface area contributed by atoms with Gasteiger partial charge in [0.15, 0.2) is 17.7 Å². The van der Waals surface area contributed by atoms with E-state index in [1.807, 2.05) is 0 Å². The molecular weight excluding hydrogens is 233 g/mol. The Bertz CT molecular complexity index is 436. The average molecular weight is 243 g/mol. The lowest BCUT2D eigenvalue weighted by molar-refractivity contribution is -0.144. The molecule has 0 bridgehead atoms. The first-order valence-corrected chi connectivity index (χ1v) is 4.81. The van der Waals surface area contributed by atoms with Gasteiger partial charge in [0.2, 0.25) is 0 Å². The number of thiocarbonyl (C=S) groups is 1. The van der Waals surface area contributed by atoms with Gasteiger partial charge in [-0.15, -0.1) is 0 Å². The van der Waals surface area contributed by atoms with Crippen molar-refractivity contribution >= 4 is 23.2 Å². The number of hydrogen-bond acceptors (Lipinski definition) is 3. The molecule has 16 heavy (non-hydrogen) atoms. The van der Waals surface area contributed by atoms with Crippen LogP contribution in [-0.2, 0) is 4.79 Å². The first-order chi connectivity index (χ1) is 7.41. The van der Waals surface area contributed by atoms with Crippen LogP contribution in [0.2, 0.25) is 0 Å². The number of nitrogens with two attached hydrogens (primary N) is 1. The van der Waals surface area contributed by atoms with Crippen molar-refractivity contribution in [2.45, 2.75) is 13.0 Å². The molecule has 1 unspecified atom stereocenters. The molecule has 0 heterocycles. The Labute approximate surface area is 96.8 Å². The average Bonchev–Trinajstić information content (AvgIpc) is 2.20. The van der Waals surface area contributed by atoms with E-state index in [4.69, 9.17) is 15.6 Å². The van der Waals surface area contributed by atoms with E-state index in [9.17, 15) is 9.18 Å². The maximum absolute atomic E-state index is 13.4. The number of carboxylic acid groups (broad SMARTS) is 1. The molecule has 0 saturated heterocycles. The zero-order valence-electron chi connectivity index (χ0n) is 8.44. The summed E-state index contributed by atoms with van der Waals surface area (Å²) >= 11 is 4.67. The summed E-state index contributed by atoms with van der Waals surface area (Å²) in [5.41, 5.74) is 5.68. The minimum absolute atomic E-state index is 0.0664. The summed E-state index contributed by atoms with van der Waals surface area (Å²) in [5, 5.41) is 8.59. The van der Waals surface area contributed by atoms with Gasteiger partial charge in [-0.25, -0.2) is 9.18 Å². The van der Waals surface area contributed by atoms with E-state index in [0.717, 1.165) is 6.07 Å². The number of halogens is 1. The predicted molar refractivity (Wildman–Crippen MR) is 60.0 cm³/mol. The topological polar surface area (TPSA) is 72.5 Å². The van der Waals surface area contributed by atoms with Crippen molar-refractivity contribution in [3.8, 4) is 5.75 Å². The molecule has 3 N–H and O–H groups in total. The lowest BCUT2D eigenvalue weighted by atomic mass is 10.2. The molecule has 0 amide bonds. The van der Waals surface area contributed by atoms with Crippen LogP contribution in [0.1, 0.15) is 12.5 Å². The maximum Gasteiger partial charge on any atom is 0.344 e. The molecule has 86 valence electrons. The molecule has 6 heteroatoms. The zero-order valence-corrected chi connectivity index (χ0v) is 9.25. The van der Waals surface area contributed by atoms with Gasteiger partial charge in [0, 0.05) is 5.56 Å². The van der Waals surface area contributed by atoms with Crippen molar-refractivity contribution in [2.75, 3.05) is 0 Å². The SMILES string of the molecule is CC(Oc1ccc(C(N)=S)cc1F)C(=O)O. The van der Waals surface area contributed by atoms with Crippen molar-refractivity contribution in [1.29, 1.82) is 0 Å². The van der Waals surface area contributed by atoms with E-state index in [1.54, 1.807) is 0 Å². The Morgan fingerprint density at radius 2 is 2.25 bits per heavy atom. The third kappa shape index (κ3) is 2.90. The van der Waals surface area contributed by atoms with Crippen molar-refractivity contribution in [2.24, 2.45) is 5.73 Å². The number of aliphatic carboxylic acids is 1. The highest BCUT2D eigenvalue weighted by molar-refractivity contribution is 7.80. The molecule has 1 aromatic rings. The van der Waals surface area contributed by atoms with E-state index < -0.39 is 17.9 Å². The van der Waals surface area contributed by atoms with Crippen LogP contribution in [0, 0.1) is 5.82 Å². The van der Waals surface area contributed by atoms with Crippen LogP contribution >= 0.6 is 12.2 Å². The molecule has 4 nitrogen and oxygen atoms in total. The molecular formula is C10H10FNO3S. The van der Waals surface area contributed by atoms with Gasteiger partial charge in [0.25, 0.3) is 0 Å². The van der Waals surface area contributed by atoms with Crippen LogP contribution < -0.4 is 10.5 Å². The van der Waals surface area contributed by atoms with Crippen molar-refractivity contribution in [1.82, 2.24) is 0 Å². The highest BCUT2D eigenvalue weighted by Gasteiger charge is 2.15. The Kier molecular flexibility index (Phi) is 3.78. The largest absolute Gasteiger partial charge is 0.479 e. The fourth-order valence-electron chi connectivity index (χ4n) is 0.991. The van der Waals surface area contributed by atoms with Gasteiger partial charge in [-0.05, 0) is 25.1 Å². The van der Waals surface area contributed by atoms with Crippen molar-refractivity contribution in [3.05, 3.63) is 29.6 Å². The van der Waals surface area contributed by atoms with Crippen LogP contribution in [0.5, 0.6) is 5.75 Å². The number of carboxylic acids is 1. The number of ether oxygens (including phenoxy) is 1. The molecule has 0 spiro atoms. The third-order valence-electron chi connectivity index (χ3n) is 1.87. The molecule has 0 aliphatic heterocycles. The summed E-state index contributed by atoms with van der Waals surface area (Å²) < 4.78 is 18.3. The lowest BCUT2D eigenvalue weighted by Gasteiger charge is -2.11. The first-order valence-electron chi connectivity index (χ1n) is 4.40. The summed E-state index contributed by atoms with van der Waals surface area (Å²) in [4.78, 5) is 10.6. The molecule has 0 aliphatic rings. The summed E-state index contributed by atoms with van der Waals surface area (Å²) in [5.74, 6) is -2.01. The van der Waals surface area contributed by atoms with E-state index >= 15 is 0 Å².